The van der Waals surface area contributed by atoms with Crippen molar-refractivity contribution in [2.75, 3.05) is 52.1 Å². The second kappa shape index (κ2) is 9.96. The molecule has 150 valence electrons. The molecule has 0 spiro atoms. The van der Waals surface area contributed by atoms with Crippen LogP contribution in [0.2, 0.25) is 5.15 Å². The van der Waals surface area contributed by atoms with Crippen LogP contribution >= 0.6 is 11.6 Å². The van der Waals surface area contributed by atoms with E-state index >= 15 is 0 Å². The zero-order chi connectivity index (χ0) is 19.9. The van der Waals surface area contributed by atoms with Crippen molar-refractivity contribution in [3.05, 3.63) is 46.4 Å². The van der Waals surface area contributed by atoms with Crippen molar-refractivity contribution in [1.82, 2.24) is 19.8 Å². The van der Waals surface area contributed by atoms with Crippen molar-refractivity contribution in [2.45, 2.75) is 19.8 Å². The molecular weight excluding hydrogens is 372 g/mol. The molecule has 1 aliphatic heterocycles. The summed E-state index contributed by atoms with van der Waals surface area (Å²) in [5.74, 6) is 0.623. The Morgan fingerprint density at radius 2 is 1.86 bits per heavy atom. The van der Waals surface area contributed by atoms with Gasteiger partial charge in [-0.05, 0) is 37.6 Å². The molecule has 0 amide bonds. The van der Waals surface area contributed by atoms with Gasteiger partial charge in [-0.15, -0.1) is 0 Å². The lowest BCUT2D eigenvalue weighted by Gasteiger charge is -2.32. The Balaban J connectivity index is 1.63. The highest BCUT2D eigenvalue weighted by Gasteiger charge is 2.13. The van der Waals surface area contributed by atoms with E-state index in [1.807, 2.05) is 6.92 Å². The Labute approximate surface area is 172 Å². The van der Waals surface area contributed by atoms with Gasteiger partial charge in [0, 0.05) is 45.5 Å². The fourth-order valence-corrected chi connectivity index (χ4v) is 3.50. The van der Waals surface area contributed by atoms with Crippen molar-refractivity contribution >= 4 is 29.3 Å². The number of anilines is 2. The summed E-state index contributed by atoms with van der Waals surface area (Å²) in [5.41, 5.74) is 3.78. The number of halogens is 1. The first-order valence-electron chi connectivity index (χ1n) is 9.84. The third-order valence-electron chi connectivity index (χ3n) is 5.06. The van der Waals surface area contributed by atoms with Gasteiger partial charge < -0.3 is 15.1 Å². The summed E-state index contributed by atoms with van der Waals surface area (Å²) < 4.78 is 0. The molecule has 1 N–H and O–H groups in total. The molecular formula is C21H29ClN6. The Kier molecular flexibility index (Phi) is 7.36. The lowest BCUT2D eigenvalue weighted by Crippen LogP contribution is -2.45. The van der Waals surface area contributed by atoms with Crippen LogP contribution in [0.4, 0.5) is 11.5 Å². The average molecular weight is 401 g/mol. The number of hydrogen-bond donors (Lipinski definition) is 1. The summed E-state index contributed by atoms with van der Waals surface area (Å²) in [6.07, 6.45) is 3.50. The Bertz CT molecular complexity index is 797. The quantitative estimate of drug-likeness (QED) is 0.723. The van der Waals surface area contributed by atoms with Crippen LogP contribution in [0.15, 0.2) is 29.3 Å². The SMILES string of the molecule is CCc1nc(C=NC)c(Nc2ccc(CCN3CCN(C)CC3)cc2)nc1Cl. The van der Waals surface area contributed by atoms with Crippen LogP contribution in [0.3, 0.4) is 0 Å². The monoisotopic (exact) mass is 400 g/mol. The van der Waals surface area contributed by atoms with Crippen LogP contribution in [-0.2, 0) is 12.8 Å². The highest BCUT2D eigenvalue weighted by atomic mass is 35.5. The number of aliphatic imine (C=N–C) groups is 1. The molecule has 28 heavy (non-hydrogen) atoms. The third kappa shape index (κ3) is 5.50. The van der Waals surface area contributed by atoms with Crippen molar-refractivity contribution < 1.29 is 0 Å². The van der Waals surface area contributed by atoms with E-state index in [0.717, 1.165) is 56.9 Å². The van der Waals surface area contributed by atoms with Crippen molar-refractivity contribution in [2.24, 2.45) is 4.99 Å². The first-order chi connectivity index (χ1) is 13.6. The number of benzene rings is 1. The maximum Gasteiger partial charge on any atom is 0.159 e. The summed E-state index contributed by atoms with van der Waals surface area (Å²) in [4.78, 5) is 18.0. The number of likely N-dealkylation sites (N-methyl/N-ethyl adjacent to an activating group) is 1. The van der Waals surface area contributed by atoms with E-state index in [1.165, 1.54) is 5.56 Å². The molecule has 1 saturated heterocycles. The van der Waals surface area contributed by atoms with Gasteiger partial charge >= 0.3 is 0 Å². The Morgan fingerprint density at radius 1 is 1.14 bits per heavy atom. The highest BCUT2D eigenvalue weighted by molar-refractivity contribution is 6.30. The molecule has 0 unspecified atom stereocenters. The average Bonchev–Trinajstić information content (AvgIpc) is 2.70. The number of aryl methyl sites for hydroxylation is 1. The van der Waals surface area contributed by atoms with Crippen molar-refractivity contribution in [3.8, 4) is 0 Å². The topological polar surface area (TPSA) is 56.7 Å². The van der Waals surface area contributed by atoms with E-state index < -0.39 is 0 Å². The lowest BCUT2D eigenvalue weighted by molar-refractivity contribution is 0.155. The maximum atomic E-state index is 6.25. The molecule has 7 heteroatoms. The summed E-state index contributed by atoms with van der Waals surface area (Å²) in [6, 6.07) is 8.49. The lowest BCUT2D eigenvalue weighted by atomic mass is 10.1. The van der Waals surface area contributed by atoms with E-state index in [9.17, 15) is 0 Å². The van der Waals surface area contributed by atoms with Gasteiger partial charge in [0.15, 0.2) is 11.0 Å². The zero-order valence-electron chi connectivity index (χ0n) is 17.0. The first kappa shape index (κ1) is 20.7. The Morgan fingerprint density at radius 3 is 2.50 bits per heavy atom. The number of nitrogens with zero attached hydrogens (tertiary/aromatic N) is 5. The van der Waals surface area contributed by atoms with Gasteiger partial charge in [-0.25, -0.2) is 9.97 Å². The van der Waals surface area contributed by atoms with E-state index in [0.29, 0.717) is 16.7 Å². The van der Waals surface area contributed by atoms with Crippen LogP contribution in [0, 0.1) is 0 Å². The highest BCUT2D eigenvalue weighted by Crippen LogP contribution is 2.22. The second-order valence-electron chi connectivity index (χ2n) is 7.15. The summed E-state index contributed by atoms with van der Waals surface area (Å²) in [7, 11) is 3.91. The van der Waals surface area contributed by atoms with Crippen LogP contribution < -0.4 is 5.32 Å². The number of rotatable bonds is 7. The smallest absolute Gasteiger partial charge is 0.159 e. The van der Waals surface area contributed by atoms with E-state index in [-0.39, 0.29) is 0 Å². The first-order valence-corrected chi connectivity index (χ1v) is 10.2. The van der Waals surface area contributed by atoms with Gasteiger partial charge in [-0.3, -0.25) is 4.99 Å². The fourth-order valence-electron chi connectivity index (χ4n) is 3.24. The predicted octanol–water partition coefficient (Wildman–Crippen LogP) is 3.27. The zero-order valence-corrected chi connectivity index (χ0v) is 17.7. The molecule has 1 fully saturated rings. The minimum absolute atomic E-state index is 0.432. The molecule has 1 aromatic carbocycles. The van der Waals surface area contributed by atoms with Crippen molar-refractivity contribution in [3.63, 3.8) is 0 Å². The summed E-state index contributed by atoms with van der Waals surface area (Å²) in [5, 5.41) is 3.75. The van der Waals surface area contributed by atoms with E-state index in [4.69, 9.17) is 11.6 Å². The molecule has 0 radical (unpaired) electrons. The standard InChI is InChI=1S/C21H29ClN6/c1-4-18-20(22)26-21(19(25-18)15-23-2)24-17-7-5-16(6-8-17)9-10-28-13-11-27(3)12-14-28/h5-8,15H,4,9-14H2,1-3H3,(H,24,26). The van der Waals surface area contributed by atoms with Gasteiger partial charge in [-0.2, -0.15) is 0 Å². The van der Waals surface area contributed by atoms with E-state index in [2.05, 4.69) is 61.4 Å². The molecule has 1 aliphatic rings. The van der Waals surface area contributed by atoms with E-state index in [1.54, 1.807) is 13.3 Å². The molecule has 0 atom stereocenters. The van der Waals surface area contributed by atoms with Gasteiger partial charge in [0.2, 0.25) is 0 Å². The van der Waals surface area contributed by atoms with Gasteiger partial charge in [-0.1, -0.05) is 30.7 Å². The normalized spacial score (nSPS) is 16.0. The van der Waals surface area contributed by atoms with Crippen LogP contribution in [0.25, 0.3) is 0 Å². The number of hydrogen-bond acceptors (Lipinski definition) is 6. The van der Waals surface area contributed by atoms with Gasteiger partial charge in [0.05, 0.1) is 11.9 Å². The molecule has 2 aromatic rings. The fraction of sp³-hybridized carbons (Fsp3) is 0.476. The summed E-state index contributed by atoms with van der Waals surface area (Å²) in [6.45, 7) is 7.75. The molecule has 2 heterocycles. The maximum absolute atomic E-state index is 6.25. The number of piperazine rings is 1. The van der Waals surface area contributed by atoms with Crippen LogP contribution in [-0.4, -0.2) is 72.8 Å². The number of nitrogens with one attached hydrogen (secondary N) is 1. The van der Waals surface area contributed by atoms with Crippen molar-refractivity contribution in [1.29, 1.82) is 0 Å². The van der Waals surface area contributed by atoms with Crippen LogP contribution in [0.5, 0.6) is 0 Å². The minimum Gasteiger partial charge on any atom is -0.338 e. The molecule has 0 saturated carbocycles. The number of aromatic nitrogens is 2. The molecule has 0 bridgehead atoms. The minimum atomic E-state index is 0.432. The predicted molar refractivity (Wildman–Crippen MR) is 117 cm³/mol. The van der Waals surface area contributed by atoms with Gasteiger partial charge in [0.1, 0.15) is 5.69 Å². The van der Waals surface area contributed by atoms with Crippen LogP contribution in [0.1, 0.15) is 23.9 Å². The van der Waals surface area contributed by atoms with Gasteiger partial charge in [0.25, 0.3) is 0 Å². The molecule has 3 rings (SSSR count). The molecule has 0 aliphatic carbocycles. The summed E-state index contributed by atoms with van der Waals surface area (Å²) >= 11 is 6.25. The third-order valence-corrected chi connectivity index (χ3v) is 5.36. The molecule has 1 aromatic heterocycles. The second-order valence-corrected chi connectivity index (χ2v) is 7.51. The largest absolute Gasteiger partial charge is 0.338 e. The Hall–Kier alpha value is -2.02. The molecule has 6 nitrogen and oxygen atoms in total.